The summed E-state index contributed by atoms with van der Waals surface area (Å²) < 4.78 is 119. The molecule has 0 saturated carbocycles. The number of ether oxygens (including phenoxy) is 1. The molecule has 160 valence electrons. The van der Waals surface area contributed by atoms with E-state index in [4.69, 9.17) is 14.8 Å². The fourth-order valence-electron chi connectivity index (χ4n) is 3.31. The average molecular weight is 475 g/mol. The predicted molar refractivity (Wildman–Crippen MR) is 99.1 cm³/mol. The van der Waals surface area contributed by atoms with Gasteiger partial charge in [0.05, 0.1) is 9.01 Å². The Bertz CT molecular complexity index is 1260. The molecule has 0 aliphatic heterocycles. The fourth-order valence-corrected chi connectivity index (χ4v) is 5.94. The lowest BCUT2D eigenvalue weighted by Gasteiger charge is -2.38. The SMILES string of the molecule is [2H]C([2H])([2H])O[C@]1(C(F)(F)F)CCc2c(S(=O)(=O)Cl)cn(S(=O)(=O)c3ccc(C)cc3)c2C1. The van der Waals surface area contributed by atoms with Crippen molar-refractivity contribution in [2.75, 3.05) is 7.04 Å². The third-order valence-electron chi connectivity index (χ3n) is 4.93. The number of methoxy groups -OCH3 is 1. The van der Waals surface area contributed by atoms with E-state index in [2.05, 4.69) is 4.74 Å². The second kappa shape index (κ2) is 7.00. The predicted octanol–water partition coefficient (Wildman–Crippen LogP) is 3.40. The standard InChI is InChI=1S/C17H17ClF3NO5S2/c1-11-3-5-12(6-4-11)29(25,26)22-10-15(28(18,23)24)13-7-8-16(27-2,9-14(13)22)17(19,20)21/h3-6,10H,7-9H2,1-2H3/t16-/m1/s1/i2D3. The van der Waals surface area contributed by atoms with Crippen LogP contribution in [0.15, 0.2) is 40.3 Å². The Morgan fingerprint density at radius 2 is 1.83 bits per heavy atom. The van der Waals surface area contributed by atoms with Crippen LogP contribution in [0.2, 0.25) is 0 Å². The van der Waals surface area contributed by atoms with Crippen molar-refractivity contribution in [3.05, 3.63) is 47.3 Å². The lowest BCUT2D eigenvalue weighted by atomic mass is 9.83. The molecule has 1 heterocycles. The van der Waals surface area contributed by atoms with Crippen LogP contribution < -0.4 is 0 Å². The molecule has 1 aromatic carbocycles. The van der Waals surface area contributed by atoms with E-state index in [0.29, 0.717) is 15.7 Å². The van der Waals surface area contributed by atoms with Gasteiger partial charge in [0.15, 0.2) is 5.60 Å². The summed E-state index contributed by atoms with van der Waals surface area (Å²) in [6, 6.07) is 5.34. The zero-order valence-electron chi connectivity index (χ0n) is 17.8. The van der Waals surface area contributed by atoms with Crippen LogP contribution in [0.25, 0.3) is 0 Å². The minimum atomic E-state index is -5.19. The number of rotatable bonds is 4. The van der Waals surface area contributed by atoms with E-state index >= 15 is 0 Å². The molecule has 1 aliphatic carbocycles. The minimum absolute atomic E-state index is 0.232. The highest BCUT2D eigenvalue weighted by molar-refractivity contribution is 8.13. The number of nitrogens with zero attached hydrogens (tertiary/aromatic N) is 1. The molecule has 0 fully saturated rings. The molecular formula is C17H17ClF3NO5S2. The van der Waals surface area contributed by atoms with Gasteiger partial charge in [0.25, 0.3) is 19.1 Å². The van der Waals surface area contributed by atoms with Crippen molar-refractivity contribution in [3.8, 4) is 0 Å². The van der Waals surface area contributed by atoms with Crippen LogP contribution in [0.1, 0.15) is 27.4 Å². The molecule has 0 bridgehead atoms. The quantitative estimate of drug-likeness (QED) is 0.634. The van der Waals surface area contributed by atoms with Gasteiger partial charge in [-0.3, -0.25) is 0 Å². The number of halogens is 4. The van der Waals surface area contributed by atoms with Crippen LogP contribution >= 0.6 is 10.7 Å². The topological polar surface area (TPSA) is 82.4 Å². The summed E-state index contributed by atoms with van der Waals surface area (Å²) in [5, 5.41) is 0. The highest BCUT2D eigenvalue weighted by Crippen LogP contribution is 2.45. The van der Waals surface area contributed by atoms with Crippen LogP contribution in [0.5, 0.6) is 0 Å². The monoisotopic (exact) mass is 474 g/mol. The van der Waals surface area contributed by atoms with E-state index < -0.39 is 67.7 Å². The van der Waals surface area contributed by atoms with Gasteiger partial charge in [0.1, 0.15) is 4.90 Å². The zero-order chi connectivity index (χ0) is 24.3. The van der Waals surface area contributed by atoms with Crippen molar-refractivity contribution in [3.63, 3.8) is 0 Å². The number of aromatic nitrogens is 1. The Morgan fingerprint density at radius 3 is 2.34 bits per heavy atom. The van der Waals surface area contributed by atoms with E-state index in [-0.39, 0.29) is 10.5 Å². The number of hydrogen-bond acceptors (Lipinski definition) is 5. The van der Waals surface area contributed by atoms with Crippen molar-refractivity contribution in [2.24, 2.45) is 0 Å². The maximum absolute atomic E-state index is 14.0. The largest absolute Gasteiger partial charge is 0.417 e. The number of aryl methyl sites for hydroxylation is 1. The Balaban J connectivity index is 2.28. The van der Waals surface area contributed by atoms with Gasteiger partial charge in [0, 0.05) is 36.0 Å². The first-order valence-corrected chi connectivity index (χ1v) is 11.9. The molecule has 0 N–H and O–H groups in total. The van der Waals surface area contributed by atoms with Gasteiger partial charge < -0.3 is 4.74 Å². The number of hydrogen-bond donors (Lipinski definition) is 0. The van der Waals surface area contributed by atoms with Gasteiger partial charge in [0.2, 0.25) is 0 Å². The van der Waals surface area contributed by atoms with Gasteiger partial charge in [-0.25, -0.2) is 20.8 Å². The Hall–Kier alpha value is -1.56. The van der Waals surface area contributed by atoms with Crippen LogP contribution in [-0.4, -0.2) is 39.6 Å². The first kappa shape index (κ1) is 18.2. The molecule has 6 nitrogen and oxygen atoms in total. The maximum Gasteiger partial charge on any atom is 0.417 e. The summed E-state index contributed by atoms with van der Waals surface area (Å²) in [4.78, 5) is -0.964. The second-order valence-electron chi connectivity index (χ2n) is 6.74. The van der Waals surface area contributed by atoms with Crippen molar-refractivity contribution >= 4 is 29.8 Å². The molecule has 2 aromatic rings. The zero-order valence-corrected chi connectivity index (χ0v) is 17.2. The van der Waals surface area contributed by atoms with Crippen LogP contribution in [0.3, 0.4) is 0 Å². The fraction of sp³-hybridized carbons (Fsp3) is 0.412. The summed E-state index contributed by atoms with van der Waals surface area (Å²) in [5.74, 6) is 0. The van der Waals surface area contributed by atoms with Crippen molar-refractivity contribution in [1.82, 2.24) is 3.97 Å². The van der Waals surface area contributed by atoms with E-state index in [1.165, 1.54) is 24.3 Å². The van der Waals surface area contributed by atoms with E-state index in [9.17, 15) is 30.0 Å². The Labute approximate surface area is 174 Å². The summed E-state index contributed by atoms with van der Waals surface area (Å²) in [5.41, 5.74) is -3.33. The third kappa shape index (κ3) is 3.69. The number of fused-ring (bicyclic) bond motifs is 1. The molecule has 0 spiro atoms. The average Bonchev–Trinajstić information content (AvgIpc) is 2.99. The van der Waals surface area contributed by atoms with Gasteiger partial charge in [-0.2, -0.15) is 13.2 Å². The van der Waals surface area contributed by atoms with Crippen molar-refractivity contribution < 1.29 is 38.9 Å². The molecule has 1 atom stereocenters. The molecule has 0 amide bonds. The molecule has 0 radical (unpaired) electrons. The summed E-state index contributed by atoms with van der Waals surface area (Å²) >= 11 is 0. The molecule has 0 unspecified atom stereocenters. The molecule has 12 heteroatoms. The van der Waals surface area contributed by atoms with E-state index in [0.717, 1.165) is 0 Å². The highest BCUT2D eigenvalue weighted by atomic mass is 35.7. The first-order valence-electron chi connectivity index (χ1n) is 9.64. The molecule has 29 heavy (non-hydrogen) atoms. The summed E-state index contributed by atoms with van der Waals surface area (Å²) in [6.07, 6.45) is -7.34. The summed E-state index contributed by atoms with van der Waals surface area (Å²) in [7, 11) is -7.10. The van der Waals surface area contributed by atoms with Crippen molar-refractivity contribution in [2.45, 2.75) is 47.8 Å². The molecule has 0 saturated heterocycles. The normalized spacial score (nSPS) is 22.4. The van der Waals surface area contributed by atoms with E-state index in [1.54, 1.807) is 6.92 Å². The van der Waals surface area contributed by atoms with Crippen molar-refractivity contribution in [1.29, 1.82) is 0 Å². The molecule has 1 aromatic heterocycles. The van der Waals surface area contributed by atoms with Gasteiger partial charge in [-0.15, -0.1) is 0 Å². The summed E-state index contributed by atoms with van der Waals surface area (Å²) in [6.45, 7) is 1.69. The van der Waals surface area contributed by atoms with Gasteiger partial charge >= 0.3 is 6.18 Å². The third-order valence-corrected chi connectivity index (χ3v) is 8.02. The minimum Gasteiger partial charge on any atom is -0.368 e. The number of benzene rings is 1. The molecule has 3 rings (SSSR count). The smallest absolute Gasteiger partial charge is 0.368 e. The Morgan fingerprint density at radius 1 is 1.21 bits per heavy atom. The van der Waals surface area contributed by atoms with E-state index in [1.807, 2.05) is 0 Å². The highest BCUT2D eigenvalue weighted by Gasteiger charge is 2.58. The van der Waals surface area contributed by atoms with Crippen LogP contribution in [0.4, 0.5) is 13.2 Å². The van der Waals surface area contributed by atoms with Gasteiger partial charge in [-0.05, 0) is 37.5 Å². The molecule has 1 aliphatic rings. The van der Waals surface area contributed by atoms with Gasteiger partial charge in [-0.1, -0.05) is 17.7 Å². The Kier molecular flexibility index (Phi) is 4.40. The molecular weight excluding hydrogens is 455 g/mol. The maximum atomic E-state index is 14.0. The number of alkyl halides is 3. The second-order valence-corrected chi connectivity index (χ2v) is 11.1. The lowest BCUT2D eigenvalue weighted by molar-refractivity contribution is -0.273. The lowest BCUT2D eigenvalue weighted by Crippen LogP contribution is -2.51. The van der Waals surface area contributed by atoms with Crippen LogP contribution in [0, 0.1) is 6.92 Å². The van der Waals surface area contributed by atoms with Crippen LogP contribution in [-0.2, 0) is 36.7 Å². The first-order chi connectivity index (χ1) is 14.4.